The van der Waals surface area contributed by atoms with E-state index in [0.717, 1.165) is 53.9 Å². The maximum Gasteiger partial charge on any atom is 0.163 e. The van der Waals surface area contributed by atoms with E-state index in [-0.39, 0.29) is 11.2 Å². The van der Waals surface area contributed by atoms with Gasteiger partial charge in [0.15, 0.2) is 5.78 Å². The number of aliphatic imine (C=N–C) groups is 1. The van der Waals surface area contributed by atoms with Crippen molar-refractivity contribution in [1.29, 1.82) is 0 Å². The molecule has 0 saturated heterocycles. The smallest absolute Gasteiger partial charge is 0.163 e. The third-order valence-corrected chi connectivity index (χ3v) is 6.02. The molecule has 0 fully saturated rings. The van der Waals surface area contributed by atoms with Gasteiger partial charge in [0.1, 0.15) is 0 Å². The van der Waals surface area contributed by atoms with Gasteiger partial charge in [0.2, 0.25) is 0 Å². The van der Waals surface area contributed by atoms with E-state index in [2.05, 4.69) is 43.1 Å². The molecule has 2 aromatic rings. The molecule has 0 spiro atoms. The van der Waals surface area contributed by atoms with E-state index in [1.165, 1.54) is 5.56 Å². The van der Waals surface area contributed by atoms with Gasteiger partial charge in [0.25, 0.3) is 0 Å². The molecular formula is C23H24N2O. The number of Topliss-reactive ketones (excluding diaryl/α,β-unsaturated/α-hetero) is 1. The summed E-state index contributed by atoms with van der Waals surface area (Å²) in [7, 11) is 0. The third-order valence-electron chi connectivity index (χ3n) is 6.02. The lowest BCUT2D eigenvalue weighted by Crippen LogP contribution is -2.31. The van der Waals surface area contributed by atoms with E-state index in [4.69, 9.17) is 4.99 Å². The van der Waals surface area contributed by atoms with Gasteiger partial charge in [-0.1, -0.05) is 38.1 Å². The summed E-state index contributed by atoms with van der Waals surface area (Å²) in [4.78, 5) is 22.0. The number of hydrogen-bond donors (Lipinski definition) is 0. The Balaban J connectivity index is 1.63. The lowest BCUT2D eigenvalue weighted by molar-refractivity contribution is 0.0871. The highest BCUT2D eigenvalue weighted by Gasteiger charge is 2.35. The average Bonchev–Trinajstić information content (AvgIpc) is 3.18. The quantitative estimate of drug-likeness (QED) is 0.760. The summed E-state index contributed by atoms with van der Waals surface area (Å²) >= 11 is 0. The molecule has 1 aromatic carbocycles. The molecule has 0 radical (unpaired) electrons. The third kappa shape index (κ3) is 2.92. The number of pyridine rings is 1. The van der Waals surface area contributed by atoms with Gasteiger partial charge >= 0.3 is 0 Å². The van der Waals surface area contributed by atoms with Gasteiger partial charge in [-0.25, -0.2) is 0 Å². The van der Waals surface area contributed by atoms with E-state index < -0.39 is 0 Å². The van der Waals surface area contributed by atoms with Crippen LogP contribution in [-0.2, 0) is 6.42 Å². The molecule has 0 amide bonds. The summed E-state index contributed by atoms with van der Waals surface area (Å²) < 4.78 is 0. The molecule has 3 nitrogen and oxygen atoms in total. The topological polar surface area (TPSA) is 42.3 Å². The minimum Gasteiger partial charge on any atom is -0.294 e. The summed E-state index contributed by atoms with van der Waals surface area (Å²) in [6.07, 6.45) is 8.46. The monoisotopic (exact) mass is 344 g/mol. The number of nitrogens with zero attached hydrogens (tertiary/aromatic N) is 2. The van der Waals surface area contributed by atoms with E-state index >= 15 is 0 Å². The van der Waals surface area contributed by atoms with Crippen molar-refractivity contribution in [3.63, 3.8) is 0 Å². The van der Waals surface area contributed by atoms with Crippen molar-refractivity contribution >= 4 is 17.2 Å². The second-order valence-corrected chi connectivity index (χ2v) is 7.42. The highest BCUT2D eigenvalue weighted by atomic mass is 16.1. The van der Waals surface area contributed by atoms with Crippen LogP contribution in [0.15, 0.2) is 53.7 Å². The number of rotatable bonds is 4. The molecule has 132 valence electrons. The molecule has 0 unspecified atom stereocenters. The van der Waals surface area contributed by atoms with E-state index in [1.807, 2.05) is 18.2 Å². The fourth-order valence-electron chi connectivity index (χ4n) is 4.11. The van der Waals surface area contributed by atoms with Crippen molar-refractivity contribution in [3.05, 3.63) is 71.1 Å². The van der Waals surface area contributed by atoms with Crippen LogP contribution < -0.4 is 0 Å². The van der Waals surface area contributed by atoms with Crippen LogP contribution in [0.2, 0.25) is 0 Å². The Morgan fingerprint density at radius 3 is 2.65 bits per heavy atom. The molecule has 0 saturated carbocycles. The van der Waals surface area contributed by atoms with Gasteiger partial charge in [0.05, 0.1) is 17.1 Å². The minimum atomic E-state index is 0.143. The Kier molecular flexibility index (Phi) is 4.31. The predicted molar refractivity (Wildman–Crippen MR) is 105 cm³/mol. The highest BCUT2D eigenvalue weighted by Crippen LogP contribution is 2.41. The van der Waals surface area contributed by atoms with Crippen molar-refractivity contribution in [2.45, 2.75) is 46.0 Å². The number of benzene rings is 1. The van der Waals surface area contributed by atoms with Crippen LogP contribution in [-0.4, -0.2) is 16.5 Å². The first-order chi connectivity index (χ1) is 12.6. The Bertz CT molecular complexity index is 905. The second-order valence-electron chi connectivity index (χ2n) is 7.42. The lowest BCUT2D eigenvalue weighted by atomic mass is 9.67. The number of fused-ring (bicyclic) bond motifs is 1. The maximum atomic E-state index is 12.8. The number of allylic oxidation sites excluding steroid dienone is 1. The van der Waals surface area contributed by atoms with Gasteiger partial charge in [-0.3, -0.25) is 14.8 Å². The van der Waals surface area contributed by atoms with E-state index in [9.17, 15) is 4.79 Å². The second kappa shape index (κ2) is 6.64. The Hall–Kier alpha value is -2.55. The summed E-state index contributed by atoms with van der Waals surface area (Å²) in [6.45, 7) is 4.41. The molecule has 4 rings (SSSR count). The molecule has 0 N–H and O–H groups in total. The number of ketones is 1. The van der Waals surface area contributed by atoms with E-state index in [1.54, 1.807) is 6.20 Å². The first kappa shape index (κ1) is 16.9. The zero-order valence-corrected chi connectivity index (χ0v) is 15.5. The number of aromatic nitrogens is 1. The minimum absolute atomic E-state index is 0.143. The van der Waals surface area contributed by atoms with Gasteiger partial charge in [-0.05, 0) is 54.0 Å². The molecule has 1 aliphatic carbocycles. The summed E-state index contributed by atoms with van der Waals surface area (Å²) in [5, 5.41) is 0. The van der Waals surface area contributed by atoms with Crippen LogP contribution in [0, 0.1) is 5.41 Å². The van der Waals surface area contributed by atoms with Crippen molar-refractivity contribution in [2.75, 3.05) is 0 Å². The number of carbonyl (C=O) groups excluding carboxylic acids is 1. The first-order valence-electron chi connectivity index (χ1n) is 9.50. The summed E-state index contributed by atoms with van der Waals surface area (Å²) in [6, 6.07) is 12.2. The van der Waals surface area contributed by atoms with Crippen LogP contribution in [0.1, 0.15) is 66.7 Å². The molecule has 0 bridgehead atoms. The van der Waals surface area contributed by atoms with Crippen LogP contribution >= 0.6 is 0 Å². The van der Waals surface area contributed by atoms with Crippen LogP contribution in [0.5, 0.6) is 0 Å². The fraction of sp³-hybridized carbons (Fsp3) is 0.348. The van der Waals surface area contributed by atoms with Gasteiger partial charge in [-0.15, -0.1) is 0 Å². The summed E-state index contributed by atoms with van der Waals surface area (Å²) in [5.74, 6) is 0.285. The Morgan fingerprint density at radius 1 is 1.08 bits per heavy atom. The average molecular weight is 344 g/mol. The summed E-state index contributed by atoms with van der Waals surface area (Å²) in [5.41, 5.74) is 6.13. The van der Waals surface area contributed by atoms with Crippen LogP contribution in [0.3, 0.4) is 0 Å². The molecule has 3 heteroatoms. The molecule has 1 aromatic heterocycles. The van der Waals surface area contributed by atoms with Gasteiger partial charge in [-0.2, -0.15) is 0 Å². The normalized spacial score (nSPS) is 18.3. The fourth-order valence-corrected chi connectivity index (χ4v) is 4.11. The first-order valence-corrected chi connectivity index (χ1v) is 9.50. The predicted octanol–water partition coefficient (Wildman–Crippen LogP) is 5.25. The van der Waals surface area contributed by atoms with Gasteiger partial charge in [0, 0.05) is 24.6 Å². The molecule has 0 atom stereocenters. The van der Waals surface area contributed by atoms with Crippen molar-refractivity contribution in [2.24, 2.45) is 10.4 Å². The molecule has 1 aliphatic heterocycles. The molecule has 26 heavy (non-hydrogen) atoms. The van der Waals surface area contributed by atoms with Crippen LogP contribution in [0.25, 0.3) is 5.70 Å². The Morgan fingerprint density at radius 2 is 1.92 bits per heavy atom. The van der Waals surface area contributed by atoms with Crippen molar-refractivity contribution in [1.82, 2.24) is 4.98 Å². The van der Waals surface area contributed by atoms with E-state index in [0.29, 0.717) is 6.42 Å². The van der Waals surface area contributed by atoms with Crippen LogP contribution in [0.4, 0.5) is 0 Å². The number of carbonyl (C=O) groups is 1. The molecular weight excluding hydrogens is 320 g/mol. The molecule has 2 heterocycles. The van der Waals surface area contributed by atoms with Gasteiger partial charge < -0.3 is 0 Å². The largest absolute Gasteiger partial charge is 0.294 e. The molecule has 2 aliphatic rings. The lowest BCUT2D eigenvalue weighted by Gasteiger charge is -2.36. The zero-order valence-electron chi connectivity index (χ0n) is 15.5. The zero-order chi connectivity index (χ0) is 18.1. The standard InChI is InChI=1S/C23H24N2O/c1-3-23(4-2)14-17-9-8-16(13-18(17)22(26)15-23)19-10-11-21(25-19)20-7-5-6-12-24-20/h5-9,11-13H,3-4,10,14-15H2,1-2H3. The maximum absolute atomic E-state index is 12.8. The number of hydrogen-bond acceptors (Lipinski definition) is 3. The highest BCUT2D eigenvalue weighted by molar-refractivity contribution is 6.09. The Labute approximate surface area is 154 Å². The SMILES string of the molecule is CCC1(CC)CC(=O)c2cc(C3=NC(c4ccccn4)=CC3)ccc2C1. The van der Waals surface area contributed by atoms with Crippen molar-refractivity contribution < 1.29 is 4.79 Å². The van der Waals surface area contributed by atoms with Crippen molar-refractivity contribution in [3.8, 4) is 0 Å².